The van der Waals surface area contributed by atoms with E-state index in [9.17, 15) is 9.59 Å². The lowest BCUT2D eigenvalue weighted by Gasteiger charge is -2.20. The van der Waals surface area contributed by atoms with Crippen molar-refractivity contribution in [3.05, 3.63) is 41.5 Å². The maximum absolute atomic E-state index is 12.5. The molecule has 0 aliphatic heterocycles. The molecular weight excluding hydrogens is 322 g/mol. The first-order valence-corrected chi connectivity index (χ1v) is 11.2. The third-order valence-electron chi connectivity index (χ3n) is 3.93. The Labute approximate surface area is 143 Å². The summed E-state index contributed by atoms with van der Waals surface area (Å²) < 4.78 is 11.9. The summed E-state index contributed by atoms with van der Waals surface area (Å²) in [5, 5.41) is 0.869. The predicted molar refractivity (Wildman–Crippen MR) is 96.5 cm³/mol. The number of methoxy groups -OCH3 is 2. The minimum absolute atomic E-state index is 0.274. The summed E-state index contributed by atoms with van der Waals surface area (Å²) in [6, 6.07) is 9.53. The molecule has 128 valence electrons. The molecule has 0 N–H and O–H groups in total. The number of hydrogen-bond acceptors (Lipinski definition) is 4. The van der Waals surface area contributed by atoms with Crippen molar-refractivity contribution in [2.24, 2.45) is 7.05 Å². The normalized spacial score (nSPS) is 11.2. The molecule has 2 rings (SSSR count). The number of hydrogen-bond donors (Lipinski definition) is 0. The standard InChI is InChI=1S/C18H23NO4Si/c1-19-15(12-10-8-7-9-11-12)13(17(20)22-2)14(18(21)23-3)16(19)24(4,5)6/h7-11H,1-6H3. The van der Waals surface area contributed by atoms with Gasteiger partial charge in [0.25, 0.3) is 0 Å². The van der Waals surface area contributed by atoms with Gasteiger partial charge in [0.1, 0.15) is 0 Å². The van der Waals surface area contributed by atoms with Crippen molar-refractivity contribution in [3.63, 3.8) is 0 Å². The zero-order chi connectivity index (χ0) is 18.1. The Morgan fingerprint density at radius 2 is 1.42 bits per heavy atom. The van der Waals surface area contributed by atoms with Crippen molar-refractivity contribution in [1.82, 2.24) is 4.57 Å². The first-order valence-electron chi connectivity index (χ1n) is 7.69. The van der Waals surface area contributed by atoms with Gasteiger partial charge in [0.15, 0.2) is 0 Å². The van der Waals surface area contributed by atoms with E-state index in [0.29, 0.717) is 11.3 Å². The molecule has 0 fully saturated rings. The van der Waals surface area contributed by atoms with Crippen molar-refractivity contribution in [2.75, 3.05) is 14.2 Å². The Balaban J connectivity index is 2.97. The Morgan fingerprint density at radius 3 is 1.88 bits per heavy atom. The number of ether oxygens (including phenoxy) is 2. The van der Waals surface area contributed by atoms with Gasteiger partial charge in [0.2, 0.25) is 0 Å². The van der Waals surface area contributed by atoms with Gasteiger partial charge in [-0.3, -0.25) is 0 Å². The van der Waals surface area contributed by atoms with E-state index >= 15 is 0 Å². The van der Waals surface area contributed by atoms with Crippen LogP contribution in [-0.4, -0.2) is 38.8 Å². The molecule has 6 heteroatoms. The molecular formula is C18H23NO4Si. The van der Waals surface area contributed by atoms with Crippen LogP contribution >= 0.6 is 0 Å². The molecule has 1 aromatic carbocycles. The van der Waals surface area contributed by atoms with Gasteiger partial charge < -0.3 is 14.0 Å². The first kappa shape index (κ1) is 18.0. The lowest BCUT2D eigenvalue weighted by atomic mass is 10.0. The lowest BCUT2D eigenvalue weighted by molar-refractivity contribution is 0.0558. The van der Waals surface area contributed by atoms with Gasteiger partial charge in [-0.25, -0.2) is 9.59 Å². The van der Waals surface area contributed by atoms with E-state index < -0.39 is 20.0 Å². The van der Waals surface area contributed by atoms with E-state index in [0.717, 1.165) is 10.9 Å². The zero-order valence-corrected chi connectivity index (χ0v) is 16.0. The molecule has 0 aliphatic rings. The number of benzene rings is 1. The predicted octanol–water partition coefficient (Wildman–Crippen LogP) is 2.81. The Hall–Kier alpha value is -2.34. The molecule has 0 unspecified atom stereocenters. The lowest BCUT2D eigenvalue weighted by Crippen LogP contribution is -2.45. The number of carbonyl (C=O) groups excluding carboxylic acids is 2. The topological polar surface area (TPSA) is 57.5 Å². The summed E-state index contributed by atoms with van der Waals surface area (Å²) >= 11 is 0. The number of aromatic nitrogens is 1. The van der Waals surface area contributed by atoms with E-state index in [4.69, 9.17) is 9.47 Å². The minimum Gasteiger partial charge on any atom is -0.465 e. The highest BCUT2D eigenvalue weighted by Gasteiger charge is 2.37. The fourth-order valence-electron chi connectivity index (χ4n) is 3.10. The molecule has 24 heavy (non-hydrogen) atoms. The fourth-order valence-corrected chi connectivity index (χ4v) is 5.19. The van der Waals surface area contributed by atoms with Gasteiger partial charge in [0, 0.05) is 12.4 Å². The molecule has 0 bridgehead atoms. The van der Waals surface area contributed by atoms with Crippen LogP contribution in [0.4, 0.5) is 0 Å². The monoisotopic (exact) mass is 345 g/mol. The van der Waals surface area contributed by atoms with Crippen molar-refractivity contribution >= 4 is 25.3 Å². The number of nitrogens with zero attached hydrogens (tertiary/aromatic N) is 1. The van der Waals surface area contributed by atoms with Crippen LogP contribution in [0.25, 0.3) is 11.3 Å². The summed E-state index contributed by atoms with van der Waals surface area (Å²) in [4.78, 5) is 25.0. The number of rotatable bonds is 4. The van der Waals surface area contributed by atoms with Crippen LogP contribution in [0.5, 0.6) is 0 Å². The summed E-state index contributed by atoms with van der Waals surface area (Å²) in [7, 11) is 2.58. The highest BCUT2D eigenvalue weighted by molar-refractivity contribution is 6.89. The van der Waals surface area contributed by atoms with Crippen molar-refractivity contribution in [1.29, 1.82) is 0 Å². The molecule has 5 nitrogen and oxygen atoms in total. The summed E-state index contributed by atoms with van der Waals surface area (Å²) in [5.74, 6) is -1.04. The van der Waals surface area contributed by atoms with E-state index in [1.54, 1.807) is 0 Å². The zero-order valence-electron chi connectivity index (χ0n) is 15.0. The molecule has 1 aromatic heterocycles. The Kier molecular flexibility index (Phi) is 4.98. The molecule has 0 saturated carbocycles. The molecule has 0 aliphatic carbocycles. The summed E-state index contributed by atoms with van der Waals surface area (Å²) in [5.41, 5.74) is 2.13. The smallest absolute Gasteiger partial charge is 0.340 e. The van der Waals surface area contributed by atoms with Crippen LogP contribution in [0.15, 0.2) is 30.3 Å². The maximum Gasteiger partial charge on any atom is 0.340 e. The fraction of sp³-hybridized carbons (Fsp3) is 0.333. The third-order valence-corrected chi connectivity index (χ3v) is 5.94. The molecule has 0 atom stereocenters. The van der Waals surface area contributed by atoms with E-state index in [2.05, 4.69) is 19.6 Å². The molecule has 2 aromatic rings. The van der Waals surface area contributed by atoms with Gasteiger partial charge >= 0.3 is 11.9 Å². The van der Waals surface area contributed by atoms with Crippen LogP contribution < -0.4 is 5.32 Å². The summed E-state index contributed by atoms with van der Waals surface area (Å²) in [6.45, 7) is 6.39. The van der Waals surface area contributed by atoms with Crippen LogP contribution in [0.3, 0.4) is 0 Å². The highest BCUT2D eigenvalue weighted by Crippen LogP contribution is 2.29. The highest BCUT2D eigenvalue weighted by atomic mass is 28.3. The molecule has 0 saturated heterocycles. The second-order valence-corrected chi connectivity index (χ2v) is 11.6. The average molecular weight is 345 g/mol. The van der Waals surface area contributed by atoms with Gasteiger partial charge in [-0.1, -0.05) is 50.0 Å². The van der Waals surface area contributed by atoms with Crippen molar-refractivity contribution < 1.29 is 19.1 Å². The van der Waals surface area contributed by atoms with E-state index in [-0.39, 0.29) is 5.56 Å². The van der Waals surface area contributed by atoms with Gasteiger partial charge in [-0.15, -0.1) is 0 Å². The maximum atomic E-state index is 12.5. The molecule has 0 radical (unpaired) electrons. The van der Waals surface area contributed by atoms with Gasteiger partial charge in [-0.2, -0.15) is 0 Å². The SMILES string of the molecule is COC(=O)c1c(C(=O)OC)c([Si](C)(C)C)n(C)c1-c1ccccc1. The van der Waals surface area contributed by atoms with Crippen molar-refractivity contribution in [3.8, 4) is 11.3 Å². The number of esters is 2. The third kappa shape index (κ3) is 3.01. The van der Waals surface area contributed by atoms with Crippen LogP contribution in [-0.2, 0) is 16.5 Å². The molecule has 0 amide bonds. The average Bonchev–Trinajstić information content (AvgIpc) is 2.87. The molecule has 1 heterocycles. The second kappa shape index (κ2) is 6.65. The largest absolute Gasteiger partial charge is 0.465 e. The van der Waals surface area contributed by atoms with Crippen LogP contribution in [0.2, 0.25) is 19.6 Å². The van der Waals surface area contributed by atoms with Crippen LogP contribution in [0, 0.1) is 0 Å². The second-order valence-electron chi connectivity index (χ2n) is 6.61. The Morgan fingerprint density at radius 1 is 0.917 bits per heavy atom. The van der Waals surface area contributed by atoms with Gasteiger partial charge in [-0.05, 0) is 5.56 Å². The number of carbonyl (C=O) groups is 2. The minimum atomic E-state index is -1.95. The quantitative estimate of drug-likeness (QED) is 0.631. The molecule has 0 spiro atoms. The summed E-state index contributed by atoms with van der Waals surface area (Å²) in [6.07, 6.45) is 0. The first-order chi connectivity index (χ1) is 11.2. The van der Waals surface area contributed by atoms with E-state index in [1.807, 2.05) is 41.9 Å². The van der Waals surface area contributed by atoms with Crippen LogP contribution in [0.1, 0.15) is 20.7 Å². The van der Waals surface area contributed by atoms with Crippen molar-refractivity contribution in [2.45, 2.75) is 19.6 Å². The Bertz CT molecular complexity index is 773. The van der Waals surface area contributed by atoms with E-state index in [1.165, 1.54) is 14.2 Å². The van der Waals surface area contributed by atoms with Gasteiger partial charge in [0.05, 0.1) is 39.1 Å².